The van der Waals surface area contributed by atoms with E-state index in [2.05, 4.69) is 5.32 Å². The Bertz CT molecular complexity index is 348. The van der Waals surface area contributed by atoms with Crippen LogP contribution in [0.15, 0.2) is 12.1 Å². The minimum atomic E-state index is -0.279. The lowest BCUT2D eigenvalue weighted by molar-refractivity contribution is 0.559. The van der Waals surface area contributed by atoms with Crippen LogP contribution in [0.5, 0.6) is 0 Å². The predicted molar refractivity (Wildman–Crippen MR) is 56.4 cm³/mol. The van der Waals surface area contributed by atoms with Crippen molar-refractivity contribution in [3.8, 4) is 0 Å². The first kappa shape index (κ1) is 10.2. The fourth-order valence-electron chi connectivity index (χ4n) is 1.79. The highest BCUT2D eigenvalue weighted by Gasteiger charge is 2.23. The molecule has 1 aliphatic rings. The summed E-state index contributed by atoms with van der Waals surface area (Å²) in [4.78, 5) is 0. The van der Waals surface area contributed by atoms with Gasteiger partial charge in [-0.3, -0.25) is 0 Å². The maximum atomic E-state index is 13.5. The molecular weight excluding hydrogens is 224 g/mol. The highest BCUT2D eigenvalue weighted by molar-refractivity contribution is 6.42. The molecule has 1 atom stereocenters. The first-order valence-corrected chi connectivity index (χ1v) is 5.32. The third-order valence-corrected chi connectivity index (χ3v) is 3.31. The van der Waals surface area contributed by atoms with Crippen LogP contribution in [0.1, 0.15) is 24.4 Å². The number of hydrogen-bond donors (Lipinski definition) is 1. The van der Waals surface area contributed by atoms with Crippen LogP contribution in [-0.2, 0) is 0 Å². The van der Waals surface area contributed by atoms with E-state index in [9.17, 15) is 4.39 Å². The summed E-state index contributed by atoms with van der Waals surface area (Å²) in [5.41, 5.74) is 0.511. The summed E-state index contributed by atoms with van der Waals surface area (Å²) in [6.45, 7) is 0.910. The average molecular weight is 234 g/mol. The van der Waals surface area contributed by atoms with E-state index in [0.717, 1.165) is 19.4 Å². The van der Waals surface area contributed by atoms with Gasteiger partial charge in [0.15, 0.2) is 0 Å². The molecule has 1 aliphatic heterocycles. The summed E-state index contributed by atoms with van der Waals surface area (Å²) in [7, 11) is 0. The second-order valence-electron chi connectivity index (χ2n) is 3.41. The Morgan fingerprint density at radius 2 is 2.14 bits per heavy atom. The monoisotopic (exact) mass is 233 g/mol. The highest BCUT2D eigenvalue weighted by atomic mass is 35.5. The van der Waals surface area contributed by atoms with E-state index in [1.807, 2.05) is 0 Å². The summed E-state index contributed by atoms with van der Waals surface area (Å²) >= 11 is 11.8. The lowest BCUT2D eigenvalue weighted by atomic mass is 10.0. The van der Waals surface area contributed by atoms with Gasteiger partial charge in [-0.05, 0) is 31.5 Å². The van der Waals surface area contributed by atoms with Gasteiger partial charge in [0.2, 0.25) is 0 Å². The molecule has 0 radical (unpaired) electrons. The van der Waals surface area contributed by atoms with E-state index < -0.39 is 0 Å². The largest absolute Gasteiger partial charge is 0.310 e. The lowest BCUT2D eigenvalue weighted by Gasteiger charge is -2.14. The molecular formula is C10H10Cl2FN. The van der Waals surface area contributed by atoms with Crippen molar-refractivity contribution in [1.29, 1.82) is 0 Å². The van der Waals surface area contributed by atoms with Crippen molar-refractivity contribution in [3.63, 3.8) is 0 Å². The van der Waals surface area contributed by atoms with E-state index >= 15 is 0 Å². The number of halogens is 3. The number of benzene rings is 1. The Kier molecular flexibility index (Phi) is 2.96. The van der Waals surface area contributed by atoms with Gasteiger partial charge in [0.25, 0.3) is 0 Å². The third kappa shape index (κ3) is 1.74. The molecule has 1 saturated heterocycles. The smallest absolute Gasteiger partial charge is 0.129 e. The molecule has 1 aromatic rings. The van der Waals surface area contributed by atoms with Crippen LogP contribution >= 0.6 is 23.2 Å². The standard InChI is InChI=1S/C10H10Cl2FN/c11-6-3-4-7(13)9(10(6)12)8-2-1-5-14-8/h3-4,8,14H,1-2,5H2. The molecule has 0 spiro atoms. The summed E-state index contributed by atoms with van der Waals surface area (Å²) in [5.74, 6) is -0.279. The number of rotatable bonds is 1. The maximum Gasteiger partial charge on any atom is 0.129 e. The van der Waals surface area contributed by atoms with Crippen LogP contribution in [-0.4, -0.2) is 6.54 Å². The van der Waals surface area contributed by atoms with Crippen molar-refractivity contribution < 1.29 is 4.39 Å². The van der Waals surface area contributed by atoms with Gasteiger partial charge >= 0.3 is 0 Å². The molecule has 2 rings (SSSR count). The molecule has 0 aromatic heterocycles. The van der Waals surface area contributed by atoms with Gasteiger partial charge in [0.1, 0.15) is 5.82 Å². The van der Waals surface area contributed by atoms with Gasteiger partial charge in [-0.2, -0.15) is 0 Å². The van der Waals surface area contributed by atoms with Gasteiger partial charge in [-0.15, -0.1) is 0 Å². The molecule has 1 fully saturated rings. The Hall–Kier alpha value is -0.310. The van der Waals surface area contributed by atoms with Gasteiger partial charge in [0.05, 0.1) is 10.0 Å². The number of hydrogen-bond acceptors (Lipinski definition) is 1. The summed E-state index contributed by atoms with van der Waals surface area (Å²) < 4.78 is 13.5. The van der Waals surface area contributed by atoms with Crippen LogP contribution in [0.2, 0.25) is 10.0 Å². The van der Waals surface area contributed by atoms with Crippen molar-refractivity contribution in [2.75, 3.05) is 6.54 Å². The fraction of sp³-hybridized carbons (Fsp3) is 0.400. The van der Waals surface area contributed by atoms with E-state index in [0.29, 0.717) is 15.6 Å². The van der Waals surface area contributed by atoms with Crippen molar-refractivity contribution in [2.45, 2.75) is 18.9 Å². The van der Waals surface area contributed by atoms with E-state index in [1.165, 1.54) is 12.1 Å². The number of nitrogens with one attached hydrogen (secondary N) is 1. The topological polar surface area (TPSA) is 12.0 Å². The molecule has 0 aliphatic carbocycles. The first-order valence-electron chi connectivity index (χ1n) is 4.57. The van der Waals surface area contributed by atoms with E-state index in [4.69, 9.17) is 23.2 Å². The quantitative estimate of drug-likeness (QED) is 0.732. The van der Waals surface area contributed by atoms with Crippen molar-refractivity contribution in [3.05, 3.63) is 33.6 Å². The zero-order chi connectivity index (χ0) is 10.1. The third-order valence-electron chi connectivity index (χ3n) is 2.49. The van der Waals surface area contributed by atoms with Crippen LogP contribution in [0, 0.1) is 5.82 Å². The molecule has 0 saturated carbocycles. The van der Waals surface area contributed by atoms with Crippen molar-refractivity contribution in [2.24, 2.45) is 0 Å². The second-order valence-corrected chi connectivity index (χ2v) is 4.19. The molecule has 1 heterocycles. The molecule has 1 unspecified atom stereocenters. The summed E-state index contributed by atoms with van der Waals surface area (Å²) in [5, 5.41) is 3.95. The molecule has 1 aromatic carbocycles. The normalized spacial score (nSPS) is 21.5. The predicted octanol–water partition coefficient (Wildman–Crippen LogP) is 3.56. The van der Waals surface area contributed by atoms with E-state index in [-0.39, 0.29) is 11.9 Å². The Balaban J connectivity index is 2.44. The highest BCUT2D eigenvalue weighted by Crippen LogP contribution is 2.35. The lowest BCUT2D eigenvalue weighted by Crippen LogP contribution is -2.14. The Morgan fingerprint density at radius 3 is 2.79 bits per heavy atom. The fourth-order valence-corrected chi connectivity index (χ4v) is 2.24. The molecule has 1 N–H and O–H groups in total. The van der Waals surface area contributed by atoms with Gasteiger partial charge in [-0.1, -0.05) is 23.2 Å². The Morgan fingerprint density at radius 1 is 1.36 bits per heavy atom. The van der Waals surface area contributed by atoms with Crippen LogP contribution < -0.4 is 5.32 Å². The van der Waals surface area contributed by atoms with Crippen molar-refractivity contribution >= 4 is 23.2 Å². The van der Waals surface area contributed by atoms with Gasteiger partial charge in [-0.25, -0.2) is 4.39 Å². The second kappa shape index (κ2) is 4.05. The SMILES string of the molecule is Fc1ccc(Cl)c(Cl)c1C1CCCN1. The van der Waals surface area contributed by atoms with E-state index in [1.54, 1.807) is 0 Å². The van der Waals surface area contributed by atoms with Gasteiger partial charge < -0.3 is 5.32 Å². The molecule has 14 heavy (non-hydrogen) atoms. The van der Waals surface area contributed by atoms with Crippen molar-refractivity contribution in [1.82, 2.24) is 5.32 Å². The van der Waals surface area contributed by atoms with Crippen LogP contribution in [0.3, 0.4) is 0 Å². The molecule has 4 heteroatoms. The zero-order valence-corrected chi connectivity index (χ0v) is 9.00. The first-order chi connectivity index (χ1) is 6.70. The summed E-state index contributed by atoms with van der Waals surface area (Å²) in [6.07, 6.45) is 1.96. The minimum absolute atomic E-state index is 0.0150. The zero-order valence-electron chi connectivity index (χ0n) is 7.49. The molecule has 0 bridgehead atoms. The molecule has 76 valence electrons. The summed E-state index contributed by atoms with van der Waals surface area (Å²) in [6, 6.07) is 2.86. The average Bonchev–Trinajstić information content (AvgIpc) is 2.65. The molecule has 0 amide bonds. The van der Waals surface area contributed by atoms with Crippen LogP contribution in [0.4, 0.5) is 4.39 Å². The van der Waals surface area contributed by atoms with Crippen LogP contribution in [0.25, 0.3) is 0 Å². The Labute approximate surface area is 92.2 Å². The van der Waals surface area contributed by atoms with Gasteiger partial charge in [0, 0.05) is 11.6 Å². The minimum Gasteiger partial charge on any atom is -0.310 e. The maximum absolute atomic E-state index is 13.5. The molecule has 1 nitrogen and oxygen atoms in total.